The molecule has 1 N–H and O–H groups in total. The molecule has 8 heteroatoms. The highest BCUT2D eigenvalue weighted by Crippen LogP contribution is 2.11. The molecule has 0 fully saturated rings. The van der Waals surface area contributed by atoms with E-state index < -0.39 is 18.1 Å². The number of aliphatic carboxylic acids is 1. The molecule has 0 amide bonds. The van der Waals surface area contributed by atoms with E-state index in [1.54, 1.807) is 0 Å². The van der Waals surface area contributed by atoms with E-state index in [1.165, 1.54) is 38.5 Å². The molecule has 338 valence electrons. The van der Waals surface area contributed by atoms with Crippen LogP contribution in [0.2, 0.25) is 0 Å². The summed E-state index contributed by atoms with van der Waals surface area (Å²) in [6.45, 7) is 4.46. The Morgan fingerprint density at radius 3 is 1.45 bits per heavy atom. The van der Waals surface area contributed by atoms with Crippen LogP contribution < -0.4 is 0 Å². The number of carboxylic acid groups (broad SMARTS) is 1. The number of carbonyl (C=O) groups excluding carboxylic acids is 2. The number of carbonyl (C=O) groups is 3. The summed E-state index contributed by atoms with van der Waals surface area (Å²) < 4.78 is 17.1. The zero-order valence-electron chi connectivity index (χ0n) is 38.4. The predicted molar refractivity (Wildman–Crippen MR) is 252 cm³/mol. The molecule has 0 heterocycles. The third-order valence-electron chi connectivity index (χ3n) is 9.42. The molecule has 8 nitrogen and oxygen atoms in total. The Morgan fingerprint density at radius 1 is 0.517 bits per heavy atom. The number of quaternary nitrogens is 1. The lowest BCUT2D eigenvalue weighted by molar-refractivity contribution is -0.887. The molecule has 2 atom stereocenters. The number of allylic oxidation sites excluding steroid dienone is 18. The van der Waals surface area contributed by atoms with Gasteiger partial charge in [0.2, 0.25) is 0 Å². The fourth-order valence-electron chi connectivity index (χ4n) is 5.90. The monoisotopic (exact) mass is 835 g/mol. The Labute approximate surface area is 366 Å². The highest BCUT2D eigenvalue weighted by atomic mass is 16.6. The first-order chi connectivity index (χ1) is 29.1. The molecular weight excluding hydrogens is 751 g/mol. The first kappa shape index (κ1) is 56.0. The SMILES string of the molecule is CC/C=C/C/C=C/C/C=C/C/C=C/C/C=C/C/C=C/C/C=C/CCCC(=O)OC(COCCC(C(=O)O)[N+](C)(C)C)COC(=O)CC/C=C/C/C=C/CCCCCCCC. The van der Waals surface area contributed by atoms with Crippen molar-refractivity contribution < 1.29 is 38.2 Å². The van der Waals surface area contributed by atoms with Crippen molar-refractivity contribution in [3.8, 4) is 0 Å². The zero-order chi connectivity index (χ0) is 44.2. The molecule has 0 aliphatic heterocycles. The van der Waals surface area contributed by atoms with Crippen molar-refractivity contribution in [2.45, 2.75) is 161 Å². The van der Waals surface area contributed by atoms with Crippen LogP contribution in [0.5, 0.6) is 0 Å². The number of hydrogen-bond acceptors (Lipinski definition) is 6. The van der Waals surface area contributed by atoms with Gasteiger partial charge in [-0.05, 0) is 83.5 Å². The third kappa shape index (κ3) is 39.5. The van der Waals surface area contributed by atoms with Crippen LogP contribution in [-0.2, 0) is 28.6 Å². The normalized spacial score (nSPS) is 13.9. The maximum absolute atomic E-state index is 12.7. The van der Waals surface area contributed by atoms with E-state index in [-0.39, 0.29) is 49.1 Å². The minimum Gasteiger partial charge on any atom is -0.477 e. The maximum Gasteiger partial charge on any atom is 0.362 e. The predicted octanol–water partition coefficient (Wildman–Crippen LogP) is 12.9. The number of unbranched alkanes of at least 4 members (excludes halogenated alkanes) is 7. The number of esters is 2. The first-order valence-corrected chi connectivity index (χ1v) is 22.9. The van der Waals surface area contributed by atoms with Crippen LogP contribution >= 0.6 is 0 Å². The van der Waals surface area contributed by atoms with Gasteiger partial charge in [0.1, 0.15) is 6.61 Å². The maximum atomic E-state index is 12.7. The molecule has 0 aromatic heterocycles. The van der Waals surface area contributed by atoms with Crippen LogP contribution in [0.3, 0.4) is 0 Å². The van der Waals surface area contributed by atoms with E-state index in [0.717, 1.165) is 64.2 Å². The summed E-state index contributed by atoms with van der Waals surface area (Å²) in [5.41, 5.74) is 0. The van der Waals surface area contributed by atoms with Gasteiger partial charge in [0.15, 0.2) is 12.1 Å². The first-order valence-electron chi connectivity index (χ1n) is 22.9. The molecule has 0 saturated carbocycles. The fourth-order valence-corrected chi connectivity index (χ4v) is 5.90. The van der Waals surface area contributed by atoms with E-state index in [1.807, 2.05) is 27.2 Å². The van der Waals surface area contributed by atoms with Crippen molar-refractivity contribution in [1.82, 2.24) is 0 Å². The number of ether oxygens (including phenoxy) is 3. The molecule has 0 bridgehead atoms. The van der Waals surface area contributed by atoms with Crippen molar-refractivity contribution >= 4 is 17.9 Å². The molecule has 0 aliphatic carbocycles. The molecule has 0 saturated heterocycles. The average Bonchev–Trinajstić information content (AvgIpc) is 3.21. The van der Waals surface area contributed by atoms with Gasteiger partial charge in [0.25, 0.3) is 0 Å². The third-order valence-corrected chi connectivity index (χ3v) is 9.42. The lowest BCUT2D eigenvalue weighted by atomic mass is 10.1. The van der Waals surface area contributed by atoms with Crippen LogP contribution in [0.1, 0.15) is 149 Å². The highest BCUT2D eigenvalue weighted by molar-refractivity contribution is 5.72. The molecule has 2 unspecified atom stereocenters. The van der Waals surface area contributed by atoms with Crippen LogP contribution in [-0.4, -0.2) is 80.6 Å². The lowest BCUT2D eigenvalue weighted by Gasteiger charge is -2.31. The molecule has 0 spiro atoms. The van der Waals surface area contributed by atoms with Crippen LogP contribution in [0.4, 0.5) is 0 Å². The van der Waals surface area contributed by atoms with Crippen LogP contribution in [0, 0.1) is 0 Å². The number of carboxylic acids is 1. The van der Waals surface area contributed by atoms with Gasteiger partial charge >= 0.3 is 17.9 Å². The van der Waals surface area contributed by atoms with Crippen molar-refractivity contribution in [1.29, 1.82) is 0 Å². The van der Waals surface area contributed by atoms with Gasteiger partial charge in [-0.1, -0.05) is 155 Å². The summed E-state index contributed by atoms with van der Waals surface area (Å²) >= 11 is 0. The Morgan fingerprint density at radius 2 is 0.967 bits per heavy atom. The lowest BCUT2D eigenvalue weighted by Crippen LogP contribution is -2.50. The number of hydrogen-bond donors (Lipinski definition) is 1. The van der Waals surface area contributed by atoms with Crippen molar-refractivity contribution in [3.63, 3.8) is 0 Å². The minimum absolute atomic E-state index is 0.0132. The van der Waals surface area contributed by atoms with E-state index in [9.17, 15) is 19.5 Å². The Bertz CT molecular complexity index is 1340. The molecule has 60 heavy (non-hydrogen) atoms. The fraction of sp³-hybridized carbons (Fsp3) is 0.596. The largest absolute Gasteiger partial charge is 0.477 e. The summed E-state index contributed by atoms with van der Waals surface area (Å²) in [6, 6.07) is -0.639. The van der Waals surface area contributed by atoms with Crippen molar-refractivity contribution in [2.75, 3.05) is 41.0 Å². The zero-order valence-corrected chi connectivity index (χ0v) is 38.4. The van der Waals surface area contributed by atoms with Gasteiger partial charge < -0.3 is 23.8 Å². The molecular formula is C52H84NO7+. The smallest absolute Gasteiger partial charge is 0.362 e. The summed E-state index contributed by atoms with van der Waals surface area (Å²) in [7, 11) is 5.48. The Kier molecular flexibility index (Phi) is 38.9. The van der Waals surface area contributed by atoms with Gasteiger partial charge in [0, 0.05) is 19.3 Å². The second-order valence-corrected chi connectivity index (χ2v) is 15.9. The number of nitrogens with zero attached hydrogens (tertiary/aromatic N) is 1. The van der Waals surface area contributed by atoms with E-state index in [4.69, 9.17) is 14.2 Å². The number of rotatable bonds is 39. The second-order valence-electron chi connectivity index (χ2n) is 15.9. The summed E-state index contributed by atoms with van der Waals surface area (Å²) in [5, 5.41) is 9.62. The highest BCUT2D eigenvalue weighted by Gasteiger charge is 2.31. The molecule has 0 radical (unpaired) electrons. The van der Waals surface area contributed by atoms with E-state index >= 15 is 0 Å². The van der Waals surface area contributed by atoms with Gasteiger partial charge in [0.05, 0.1) is 34.4 Å². The molecule has 0 aromatic rings. The Balaban J connectivity index is 4.51. The van der Waals surface area contributed by atoms with Crippen LogP contribution in [0.15, 0.2) is 109 Å². The molecule has 0 aromatic carbocycles. The van der Waals surface area contributed by atoms with Gasteiger partial charge in [-0.2, -0.15) is 0 Å². The summed E-state index contributed by atoms with van der Waals surface area (Å²) in [6.07, 6.45) is 57.3. The second kappa shape index (κ2) is 41.7. The standard InChI is InChI=1S/C52H83NO7/c1-6-8-10-12-14-16-18-20-21-22-23-24-25-26-27-28-29-31-33-35-37-39-41-43-51(55)60-48(46-58-45-44-49(52(56)57)53(3,4)5)47-59-50(54)42-40-38-36-34-32-30-19-17-15-13-11-9-7-2/h8,10,14,16,20-21,23-24,26-27,29-32,35-38,48-49H,6-7,9,11-13,15,17-19,22,25,28,33-34,39-47H2,1-5H3/p+1/b10-8+,16-14+,21-20+,24-23+,27-26+,31-29+,32-30+,37-35+,38-36+. The van der Waals surface area contributed by atoms with E-state index in [2.05, 4.69) is 117 Å². The molecule has 0 aliphatic rings. The van der Waals surface area contributed by atoms with Crippen molar-refractivity contribution in [2.24, 2.45) is 0 Å². The van der Waals surface area contributed by atoms with Gasteiger partial charge in [-0.25, -0.2) is 4.79 Å². The summed E-state index contributed by atoms with van der Waals surface area (Å²) in [4.78, 5) is 36.9. The van der Waals surface area contributed by atoms with Gasteiger partial charge in [-0.15, -0.1) is 0 Å². The average molecular weight is 835 g/mol. The van der Waals surface area contributed by atoms with Crippen LogP contribution in [0.25, 0.3) is 0 Å². The van der Waals surface area contributed by atoms with E-state index in [0.29, 0.717) is 19.3 Å². The van der Waals surface area contributed by atoms with Gasteiger partial charge in [-0.3, -0.25) is 9.59 Å². The topological polar surface area (TPSA) is 99.1 Å². The number of likely N-dealkylation sites (N-methyl/N-ethyl adjacent to an activating group) is 1. The van der Waals surface area contributed by atoms with Crippen molar-refractivity contribution in [3.05, 3.63) is 109 Å². The summed E-state index contributed by atoms with van der Waals surface area (Å²) in [5.74, 6) is -1.65. The minimum atomic E-state index is -0.896. The quantitative estimate of drug-likeness (QED) is 0.0285. The molecule has 0 rings (SSSR count). The Hall–Kier alpha value is -4.01.